The van der Waals surface area contributed by atoms with Crippen LogP contribution in [0.4, 0.5) is 11.4 Å². The molecule has 4 aromatic rings. The zero-order chi connectivity index (χ0) is 29.8. The first-order valence-corrected chi connectivity index (χ1v) is 14.8. The second-order valence-corrected chi connectivity index (χ2v) is 11.5. The molecule has 1 atom stereocenters. The van der Waals surface area contributed by atoms with Crippen LogP contribution < -0.4 is 25.4 Å². The van der Waals surface area contributed by atoms with Gasteiger partial charge in [-0.25, -0.2) is 0 Å². The van der Waals surface area contributed by atoms with Crippen LogP contribution in [0.2, 0.25) is 0 Å². The van der Waals surface area contributed by atoms with E-state index in [9.17, 15) is 9.59 Å². The summed E-state index contributed by atoms with van der Waals surface area (Å²) in [6.45, 7) is 3.95. The summed E-state index contributed by atoms with van der Waals surface area (Å²) in [6, 6.07) is 19.6. The fourth-order valence-corrected chi connectivity index (χ4v) is 6.30. The molecule has 1 aromatic heterocycles. The van der Waals surface area contributed by atoms with Crippen LogP contribution in [0.3, 0.4) is 0 Å². The largest absolute Gasteiger partial charge is 0.497 e. The van der Waals surface area contributed by atoms with Crippen molar-refractivity contribution in [3.63, 3.8) is 0 Å². The number of carbonyl (C=O) groups excluding carboxylic acids is 2. The van der Waals surface area contributed by atoms with Crippen molar-refractivity contribution in [3.05, 3.63) is 88.3 Å². The molecule has 0 aliphatic heterocycles. The van der Waals surface area contributed by atoms with Crippen molar-refractivity contribution < 1.29 is 19.1 Å². The number of amides is 2. The highest BCUT2D eigenvalue weighted by molar-refractivity contribution is 7.09. The summed E-state index contributed by atoms with van der Waals surface area (Å²) in [5, 5.41) is 3.23. The number of benzene rings is 3. The Morgan fingerprint density at radius 2 is 1.50 bits per heavy atom. The average Bonchev–Trinajstić information content (AvgIpc) is 3.64. The SMILES string of the molecule is COc1ccc(-c2nsc(C(=O)N(c3cc(C)cc(C)c3)[C@H](C(=O)NC3CCCC3)c3ccc(OC)cc3)c2N)cc1. The summed E-state index contributed by atoms with van der Waals surface area (Å²) in [5.74, 6) is 0.740. The molecule has 218 valence electrons. The molecule has 1 fully saturated rings. The highest BCUT2D eigenvalue weighted by Crippen LogP contribution is 2.37. The number of nitrogen functional groups attached to an aromatic ring is 1. The third kappa shape index (κ3) is 6.11. The van der Waals surface area contributed by atoms with Crippen LogP contribution in [0, 0.1) is 13.8 Å². The predicted octanol–water partition coefficient (Wildman–Crippen LogP) is 6.47. The molecule has 1 saturated carbocycles. The van der Waals surface area contributed by atoms with Gasteiger partial charge in [-0.1, -0.05) is 31.0 Å². The fourth-order valence-electron chi connectivity index (χ4n) is 5.55. The maximum atomic E-state index is 14.6. The van der Waals surface area contributed by atoms with E-state index in [0.717, 1.165) is 53.9 Å². The molecule has 5 rings (SSSR count). The van der Waals surface area contributed by atoms with E-state index < -0.39 is 11.9 Å². The van der Waals surface area contributed by atoms with E-state index in [1.54, 1.807) is 31.3 Å². The number of aryl methyl sites for hydroxylation is 2. The number of carbonyl (C=O) groups is 2. The highest BCUT2D eigenvalue weighted by atomic mass is 32.1. The number of hydrogen-bond donors (Lipinski definition) is 2. The van der Waals surface area contributed by atoms with Crippen LogP contribution >= 0.6 is 11.5 Å². The molecule has 1 aliphatic carbocycles. The number of hydrogen-bond acceptors (Lipinski definition) is 7. The summed E-state index contributed by atoms with van der Waals surface area (Å²) >= 11 is 1.03. The van der Waals surface area contributed by atoms with Gasteiger partial charge < -0.3 is 20.5 Å². The van der Waals surface area contributed by atoms with Crippen LogP contribution in [-0.4, -0.2) is 36.4 Å². The molecular formula is C33H36N4O4S. The third-order valence-corrected chi connectivity index (χ3v) is 8.48. The fraction of sp³-hybridized carbons (Fsp3) is 0.303. The molecule has 9 heteroatoms. The molecule has 0 spiro atoms. The van der Waals surface area contributed by atoms with Crippen LogP contribution in [-0.2, 0) is 4.79 Å². The van der Waals surface area contributed by atoms with Crippen LogP contribution in [0.5, 0.6) is 11.5 Å². The predicted molar refractivity (Wildman–Crippen MR) is 167 cm³/mol. The number of ether oxygens (including phenoxy) is 2. The van der Waals surface area contributed by atoms with Crippen LogP contribution in [0.15, 0.2) is 66.7 Å². The van der Waals surface area contributed by atoms with Gasteiger partial charge in [-0.15, -0.1) is 0 Å². The molecule has 2 amide bonds. The number of methoxy groups -OCH3 is 2. The Labute approximate surface area is 250 Å². The van der Waals surface area contributed by atoms with E-state index >= 15 is 0 Å². The summed E-state index contributed by atoms with van der Waals surface area (Å²) in [5.41, 5.74) is 11.4. The number of nitrogens with zero attached hydrogens (tertiary/aromatic N) is 2. The topological polar surface area (TPSA) is 107 Å². The Balaban J connectivity index is 1.63. The Morgan fingerprint density at radius 1 is 0.929 bits per heavy atom. The van der Waals surface area contributed by atoms with Gasteiger partial charge in [-0.3, -0.25) is 14.5 Å². The van der Waals surface area contributed by atoms with Crippen molar-refractivity contribution in [2.75, 3.05) is 24.9 Å². The van der Waals surface area contributed by atoms with Gasteiger partial charge in [0.2, 0.25) is 5.91 Å². The molecule has 0 bridgehead atoms. The minimum atomic E-state index is -0.948. The summed E-state index contributed by atoms with van der Waals surface area (Å²) in [4.78, 5) is 30.6. The normalized spacial score (nSPS) is 13.9. The summed E-state index contributed by atoms with van der Waals surface area (Å²) in [7, 11) is 3.20. The lowest BCUT2D eigenvalue weighted by atomic mass is 10.0. The van der Waals surface area contributed by atoms with E-state index in [-0.39, 0.29) is 22.5 Å². The first-order chi connectivity index (χ1) is 20.3. The van der Waals surface area contributed by atoms with Gasteiger partial charge in [-0.05, 0) is 103 Å². The van der Waals surface area contributed by atoms with Gasteiger partial charge in [0.05, 0.1) is 19.9 Å². The maximum Gasteiger partial charge on any atom is 0.273 e. The number of nitrogens with two attached hydrogens (primary N) is 1. The van der Waals surface area contributed by atoms with E-state index in [1.165, 1.54) is 0 Å². The molecule has 42 heavy (non-hydrogen) atoms. The van der Waals surface area contributed by atoms with Gasteiger partial charge >= 0.3 is 0 Å². The number of anilines is 2. The molecule has 3 N–H and O–H groups in total. The molecule has 1 heterocycles. The Morgan fingerprint density at radius 3 is 2.07 bits per heavy atom. The highest BCUT2D eigenvalue weighted by Gasteiger charge is 2.37. The summed E-state index contributed by atoms with van der Waals surface area (Å²) < 4.78 is 15.2. The van der Waals surface area contributed by atoms with Gasteiger partial charge in [0.25, 0.3) is 5.91 Å². The number of rotatable bonds is 9. The van der Waals surface area contributed by atoms with Crippen molar-refractivity contribution in [2.45, 2.75) is 51.6 Å². The molecule has 0 unspecified atom stereocenters. The zero-order valence-corrected chi connectivity index (χ0v) is 25.2. The van der Waals surface area contributed by atoms with Crippen molar-refractivity contribution in [2.24, 2.45) is 0 Å². The maximum absolute atomic E-state index is 14.6. The lowest BCUT2D eigenvalue weighted by Crippen LogP contribution is -2.46. The molecular weight excluding hydrogens is 548 g/mol. The molecule has 8 nitrogen and oxygen atoms in total. The molecule has 1 aliphatic rings. The van der Waals surface area contributed by atoms with Crippen molar-refractivity contribution in [1.82, 2.24) is 9.69 Å². The zero-order valence-electron chi connectivity index (χ0n) is 24.3. The Bertz CT molecular complexity index is 1540. The minimum absolute atomic E-state index is 0.0737. The standard InChI is InChI=1S/C33H36N4O4S/c1-20-17-21(2)19-25(18-20)37(33(39)31-28(34)29(36-42-31)22-9-13-26(40-3)14-10-22)30(23-11-15-27(41-4)16-12-23)32(38)35-24-7-5-6-8-24/h9-19,24,30H,5-8,34H2,1-4H3,(H,35,38)/t30-/m0/s1. The minimum Gasteiger partial charge on any atom is -0.497 e. The van der Waals surface area contributed by atoms with Gasteiger partial charge in [-0.2, -0.15) is 4.37 Å². The lowest BCUT2D eigenvalue weighted by molar-refractivity contribution is -0.123. The van der Waals surface area contributed by atoms with Crippen molar-refractivity contribution in [3.8, 4) is 22.8 Å². The molecule has 3 aromatic carbocycles. The van der Waals surface area contributed by atoms with E-state index in [4.69, 9.17) is 15.2 Å². The Kier molecular flexibility index (Phi) is 8.77. The Hall–Kier alpha value is -4.37. The molecule has 0 saturated heterocycles. The van der Waals surface area contributed by atoms with E-state index in [0.29, 0.717) is 28.4 Å². The van der Waals surface area contributed by atoms with Gasteiger partial charge in [0.1, 0.15) is 28.1 Å². The quantitative estimate of drug-likeness (QED) is 0.233. The lowest BCUT2D eigenvalue weighted by Gasteiger charge is -2.32. The van der Waals surface area contributed by atoms with E-state index in [1.807, 2.05) is 68.4 Å². The second-order valence-electron chi connectivity index (χ2n) is 10.7. The van der Waals surface area contributed by atoms with Gasteiger partial charge in [0, 0.05) is 17.3 Å². The van der Waals surface area contributed by atoms with Crippen molar-refractivity contribution in [1.29, 1.82) is 0 Å². The third-order valence-electron chi connectivity index (χ3n) is 7.63. The molecule has 0 radical (unpaired) electrons. The van der Waals surface area contributed by atoms with Crippen molar-refractivity contribution >= 4 is 34.7 Å². The first kappa shape index (κ1) is 29.1. The second kappa shape index (κ2) is 12.7. The smallest absolute Gasteiger partial charge is 0.273 e. The number of aromatic nitrogens is 1. The van der Waals surface area contributed by atoms with Crippen LogP contribution in [0.1, 0.15) is 58.1 Å². The van der Waals surface area contributed by atoms with Gasteiger partial charge in [0.15, 0.2) is 0 Å². The monoisotopic (exact) mass is 584 g/mol. The van der Waals surface area contributed by atoms with Crippen LogP contribution in [0.25, 0.3) is 11.3 Å². The number of nitrogens with one attached hydrogen (secondary N) is 1. The summed E-state index contributed by atoms with van der Waals surface area (Å²) in [6.07, 6.45) is 3.99. The first-order valence-electron chi connectivity index (χ1n) is 14.0. The average molecular weight is 585 g/mol. The van der Waals surface area contributed by atoms with E-state index in [2.05, 4.69) is 9.69 Å².